The molecule has 1 unspecified atom stereocenters. The van der Waals surface area contributed by atoms with Gasteiger partial charge in [0.1, 0.15) is 0 Å². The topological polar surface area (TPSA) is 12.0 Å². The fourth-order valence-electron chi connectivity index (χ4n) is 1.12. The maximum atomic E-state index is 3.52. The van der Waals surface area contributed by atoms with Crippen LogP contribution in [0.15, 0.2) is 15.9 Å². The number of halogens is 1. The predicted octanol–water partition coefficient (Wildman–Crippen LogP) is 3.74. The van der Waals surface area contributed by atoms with Crippen molar-refractivity contribution in [2.24, 2.45) is 0 Å². The quantitative estimate of drug-likeness (QED) is 0.857. The molecule has 14 heavy (non-hydrogen) atoms. The Bertz CT molecular complexity index is 262. The molecule has 0 aliphatic heterocycles. The third kappa shape index (κ3) is 4.82. The Morgan fingerprint density at radius 3 is 3.00 bits per heavy atom. The van der Waals surface area contributed by atoms with E-state index in [0.29, 0.717) is 6.04 Å². The first-order valence-electron chi connectivity index (χ1n) is 4.67. The number of nitrogens with one attached hydrogen (secondary N) is 1. The summed E-state index contributed by atoms with van der Waals surface area (Å²) in [5.74, 6) is 1.24. The van der Waals surface area contributed by atoms with Gasteiger partial charge in [-0.25, -0.2) is 0 Å². The van der Waals surface area contributed by atoms with E-state index in [2.05, 4.69) is 45.9 Å². The van der Waals surface area contributed by atoms with E-state index in [-0.39, 0.29) is 0 Å². The van der Waals surface area contributed by atoms with Gasteiger partial charge < -0.3 is 5.32 Å². The number of hydrogen-bond donors (Lipinski definition) is 1. The van der Waals surface area contributed by atoms with Crippen molar-refractivity contribution in [1.29, 1.82) is 0 Å². The van der Waals surface area contributed by atoms with Crippen molar-refractivity contribution in [2.75, 3.05) is 12.0 Å². The highest BCUT2D eigenvalue weighted by atomic mass is 79.9. The lowest BCUT2D eigenvalue weighted by molar-refractivity contribution is 0.540. The fourth-order valence-corrected chi connectivity index (χ4v) is 3.11. The van der Waals surface area contributed by atoms with Gasteiger partial charge in [-0.05, 0) is 47.3 Å². The van der Waals surface area contributed by atoms with E-state index in [9.17, 15) is 0 Å². The first-order valence-corrected chi connectivity index (χ1v) is 7.74. The highest BCUT2D eigenvalue weighted by Gasteiger charge is 2.02. The average molecular weight is 294 g/mol. The standard InChI is InChI=1S/C10H16BrNS2/c1-8(3-4-13-2)12-6-10-5-9(11)7-14-10/h5,7-8,12H,3-4,6H2,1-2H3. The lowest BCUT2D eigenvalue weighted by Gasteiger charge is -2.11. The molecular formula is C10H16BrNS2. The summed E-state index contributed by atoms with van der Waals surface area (Å²) in [5, 5.41) is 5.65. The minimum Gasteiger partial charge on any atom is -0.309 e. The Morgan fingerprint density at radius 2 is 2.43 bits per heavy atom. The van der Waals surface area contributed by atoms with Crippen molar-refractivity contribution in [2.45, 2.75) is 25.9 Å². The van der Waals surface area contributed by atoms with Crippen molar-refractivity contribution < 1.29 is 0 Å². The van der Waals surface area contributed by atoms with Gasteiger partial charge in [-0.2, -0.15) is 11.8 Å². The molecule has 0 fully saturated rings. The molecular weight excluding hydrogens is 278 g/mol. The van der Waals surface area contributed by atoms with Crippen LogP contribution in [-0.4, -0.2) is 18.1 Å². The zero-order valence-electron chi connectivity index (χ0n) is 8.55. The number of hydrogen-bond acceptors (Lipinski definition) is 3. The summed E-state index contributed by atoms with van der Waals surface area (Å²) in [7, 11) is 0. The van der Waals surface area contributed by atoms with E-state index in [0.717, 1.165) is 6.54 Å². The molecule has 0 amide bonds. The highest BCUT2D eigenvalue weighted by molar-refractivity contribution is 9.10. The van der Waals surface area contributed by atoms with E-state index < -0.39 is 0 Å². The van der Waals surface area contributed by atoms with Crippen LogP contribution in [0.25, 0.3) is 0 Å². The summed E-state index contributed by atoms with van der Waals surface area (Å²) >= 11 is 7.17. The molecule has 1 N–H and O–H groups in total. The first kappa shape index (κ1) is 12.6. The van der Waals surface area contributed by atoms with Crippen LogP contribution < -0.4 is 5.32 Å². The summed E-state index contributed by atoms with van der Waals surface area (Å²) in [5.41, 5.74) is 0. The van der Waals surface area contributed by atoms with Crippen LogP contribution in [0.4, 0.5) is 0 Å². The minimum absolute atomic E-state index is 0.614. The second kappa shape index (κ2) is 6.88. The minimum atomic E-state index is 0.614. The van der Waals surface area contributed by atoms with Crippen LogP contribution in [0.5, 0.6) is 0 Å². The number of rotatable bonds is 6. The summed E-state index contributed by atoms with van der Waals surface area (Å²) < 4.78 is 1.19. The van der Waals surface area contributed by atoms with Crippen LogP contribution in [0.1, 0.15) is 18.2 Å². The van der Waals surface area contributed by atoms with Crippen LogP contribution in [-0.2, 0) is 6.54 Å². The summed E-state index contributed by atoms with van der Waals surface area (Å²) in [4.78, 5) is 1.40. The van der Waals surface area contributed by atoms with E-state index in [1.54, 1.807) is 11.3 Å². The molecule has 0 aliphatic carbocycles. The van der Waals surface area contributed by atoms with Gasteiger partial charge in [0.2, 0.25) is 0 Å². The van der Waals surface area contributed by atoms with E-state index in [1.165, 1.54) is 21.5 Å². The molecule has 0 aromatic carbocycles. The lowest BCUT2D eigenvalue weighted by Crippen LogP contribution is -2.25. The molecule has 0 saturated carbocycles. The van der Waals surface area contributed by atoms with Crippen molar-refractivity contribution in [3.8, 4) is 0 Å². The maximum absolute atomic E-state index is 3.52. The Morgan fingerprint density at radius 1 is 1.64 bits per heavy atom. The summed E-state index contributed by atoms with van der Waals surface area (Å²) in [6.45, 7) is 3.24. The molecule has 0 bridgehead atoms. The van der Waals surface area contributed by atoms with E-state index in [4.69, 9.17) is 0 Å². The zero-order chi connectivity index (χ0) is 10.4. The summed E-state index contributed by atoms with van der Waals surface area (Å²) in [6.07, 6.45) is 3.40. The number of thioether (sulfide) groups is 1. The predicted molar refractivity (Wildman–Crippen MR) is 71.3 cm³/mol. The average Bonchev–Trinajstić information content (AvgIpc) is 2.58. The van der Waals surface area contributed by atoms with Crippen LogP contribution in [0.3, 0.4) is 0 Å². The summed E-state index contributed by atoms with van der Waals surface area (Å²) in [6, 6.07) is 2.79. The van der Waals surface area contributed by atoms with Gasteiger partial charge in [0.15, 0.2) is 0 Å². The van der Waals surface area contributed by atoms with Gasteiger partial charge in [-0.1, -0.05) is 0 Å². The number of thiophene rings is 1. The second-order valence-electron chi connectivity index (χ2n) is 3.29. The second-order valence-corrected chi connectivity index (χ2v) is 6.19. The van der Waals surface area contributed by atoms with Gasteiger partial charge in [-0.15, -0.1) is 11.3 Å². The first-order chi connectivity index (χ1) is 6.72. The molecule has 0 radical (unpaired) electrons. The molecule has 1 atom stereocenters. The molecule has 0 saturated heterocycles. The van der Waals surface area contributed by atoms with Crippen molar-refractivity contribution in [1.82, 2.24) is 5.32 Å². The Balaban J connectivity index is 2.20. The van der Waals surface area contributed by atoms with Crippen molar-refractivity contribution in [3.05, 3.63) is 20.8 Å². The molecule has 1 rings (SSSR count). The molecule has 1 heterocycles. The normalized spacial score (nSPS) is 13.1. The fraction of sp³-hybridized carbons (Fsp3) is 0.600. The maximum Gasteiger partial charge on any atom is 0.0302 e. The highest BCUT2D eigenvalue weighted by Crippen LogP contribution is 2.19. The van der Waals surface area contributed by atoms with Crippen LogP contribution in [0, 0.1) is 0 Å². The van der Waals surface area contributed by atoms with Crippen LogP contribution >= 0.6 is 39.0 Å². The Kier molecular flexibility index (Phi) is 6.17. The third-order valence-electron chi connectivity index (χ3n) is 2.00. The van der Waals surface area contributed by atoms with E-state index >= 15 is 0 Å². The van der Waals surface area contributed by atoms with Gasteiger partial charge in [0.25, 0.3) is 0 Å². The third-order valence-corrected chi connectivity index (χ3v) is 4.34. The molecule has 1 aromatic rings. The lowest BCUT2D eigenvalue weighted by atomic mass is 10.2. The Hall–Kier alpha value is 0.490. The van der Waals surface area contributed by atoms with Crippen molar-refractivity contribution in [3.63, 3.8) is 0 Å². The zero-order valence-corrected chi connectivity index (χ0v) is 11.8. The van der Waals surface area contributed by atoms with Gasteiger partial charge in [0.05, 0.1) is 0 Å². The molecule has 1 aromatic heterocycles. The SMILES string of the molecule is CSCCC(C)NCc1cc(Br)cs1. The molecule has 80 valence electrons. The molecule has 0 spiro atoms. The molecule has 1 nitrogen and oxygen atoms in total. The van der Waals surface area contributed by atoms with Crippen LogP contribution in [0.2, 0.25) is 0 Å². The largest absolute Gasteiger partial charge is 0.309 e. The molecule has 0 aliphatic rings. The van der Waals surface area contributed by atoms with Gasteiger partial charge in [0, 0.05) is 27.3 Å². The van der Waals surface area contributed by atoms with Gasteiger partial charge >= 0.3 is 0 Å². The van der Waals surface area contributed by atoms with Crippen molar-refractivity contribution >= 4 is 39.0 Å². The molecule has 4 heteroatoms. The Labute approximate surface area is 103 Å². The monoisotopic (exact) mass is 293 g/mol. The van der Waals surface area contributed by atoms with Gasteiger partial charge in [-0.3, -0.25) is 0 Å². The smallest absolute Gasteiger partial charge is 0.0302 e. The van der Waals surface area contributed by atoms with E-state index in [1.807, 2.05) is 11.8 Å².